The van der Waals surface area contributed by atoms with E-state index in [1.165, 1.54) is 51.5 Å². The minimum Gasteiger partial charge on any atom is -0.506 e. The number of phenolic OH excluding ortho intramolecular Hbond substituents is 1. The number of nitrogens with one attached hydrogen (secondary N) is 2. The van der Waals surface area contributed by atoms with Crippen LogP contribution in [-0.2, 0) is 41.1 Å². The molecule has 292 valence electrons. The number of rotatable bonds is 13. The fourth-order valence-electron chi connectivity index (χ4n) is 9.33. The topological polar surface area (TPSA) is 166 Å². The number of H-pyrrole nitrogens is 1. The van der Waals surface area contributed by atoms with Crippen molar-refractivity contribution in [2.24, 2.45) is 5.41 Å². The van der Waals surface area contributed by atoms with Crippen molar-refractivity contribution in [3.05, 3.63) is 108 Å². The van der Waals surface area contributed by atoms with Crippen molar-refractivity contribution in [2.45, 2.75) is 82.3 Å². The molecule has 5 heterocycles. The number of hydrogen-bond acceptors (Lipinski definition) is 12. The van der Waals surface area contributed by atoms with Gasteiger partial charge in [0, 0.05) is 44.2 Å². The summed E-state index contributed by atoms with van der Waals surface area (Å²) >= 11 is 2.73. The molecule has 0 radical (unpaired) electrons. The second kappa shape index (κ2) is 15.1. The van der Waals surface area contributed by atoms with Crippen LogP contribution in [0.1, 0.15) is 76.6 Å². The Bertz CT molecular complexity index is 2380. The summed E-state index contributed by atoms with van der Waals surface area (Å²) in [5.41, 5.74) is 5.08. The van der Waals surface area contributed by atoms with Gasteiger partial charge in [0.2, 0.25) is 11.2 Å². The van der Waals surface area contributed by atoms with Crippen LogP contribution < -0.4 is 10.9 Å². The smallest absolute Gasteiger partial charge is 0.349 e. The highest BCUT2D eigenvalue weighted by molar-refractivity contribution is 7.12. The number of benzene rings is 2. The second-order valence-electron chi connectivity index (χ2n) is 15.8. The number of phenols is 1. The number of aromatic amines is 1. The van der Waals surface area contributed by atoms with Crippen LogP contribution in [0.5, 0.6) is 5.75 Å². The largest absolute Gasteiger partial charge is 0.506 e. The molecular weight excluding hydrogens is 749 g/mol. The fourth-order valence-corrected chi connectivity index (χ4v) is 11.0. The highest BCUT2D eigenvalue weighted by Crippen LogP contribution is 2.45. The van der Waals surface area contributed by atoms with E-state index >= 15 is 0 Å². The first-order valence-corrected chi connectivity index (χ1v) is 21.3. The maximum atomic E-state index is 13.5. The van der Waals surface area contributed by atoms with Gasteiger partial charge in [0.05, 0.1) is 26.9 Å². The number of ether oxygens (including phenoxy) is 1. The number of hydrogen-bond donors (Lipinski definition) is 5. The molecule has 0 unspecified atom stereocenters. The van der Waals surface area contributed by atoms with Gasteiger partial charge in [0.15, 0.2) is 0 Å². The van der Waals surface area contributed by atoms with Crippen LogP contribution in [0.2, 0.25) is 0 Å². The van der Waals surface area contributed by atoms with Crippen molar-refractivity contribution in [1.29, 1.82) is 0 Å². The Morgan fingerprint density at radius 2 is 1.79 bits per heavy atom. The quantitative estimate of drug-likeness (QED) is 0.0940. The SMILES string of the molecule is O=C(OC1CCC2(CC1)CN(CCCn1nnc3cc(CNC[C@H](O)c4ccc(O)c5[nH]c(=O)ccc45)c4c(c31)CCC4)C2)C(O)(c1cccs1)c1cccs1. The Morgan fingerprint density at radius 3 is 2.52 bits per heavy atom. The number of aliphatic hydroxyl groups excluding tert-OH is 1. The third-order valence-electron chi connectivity index (χ3n) is 12.2. The number of aromatic hydroxyl groups is 1. The standard InChI is InChI=1S/C42H46N6O6S2/c49-33-11-9-29(30-10-12-37(51)44-38(30)33)34(50)23-43-22-26-21-32-39(31-6-1-5-28(26)31)48(46-45-32)18-4-17-47-24-41(25-47)15-13-27(14-16-41)54-40(52)42(53,35-7-2-19-55-35)36-8-3-20-56-36/h2-3,7-12,19-21,27,34,43,49-50,53H,1,4-6,13-18,22-25H2,(H,44,51)/t34-/m0/s1. The monoisotopic (exact) mass is 794 g/mol. The zero-order valence-corrected chi connectivity index (χ0v) is 32.7. The highest BCUT2D eigenvalue weighted by atomic mass is 32.1. The van der Waals surface area contributed by atoms with E-state index in [1.54, 1.807) is 24.3 Å². The van der Waals surface area contributed by atoms with Crippen LogP contribution in [0.25, 0.3) is 21.9 Å². The van der Waals surface area contributed by atoms with Crippen molar-refractivity contribution in [3.8, 4) is 5.75 Å². The Morgan fingerprint density at radius 1 is 1.04 bits per heavy atom. The van der Waals surface area contributed by atoms with Gasteiger partial charge in [-0.3, -0.25) is 4.79 Å². The first kappa shape index (κ1) is 37.2. The van der Waals surface area contributed by atoms with E-state index in [1.807, 2.05) is 22.9 Å². The molecule has 56 heavy (non-hydrogen) atoms. The van der Waals surface area contributed by atoms with Crippen LogP contribution in [0, 0.1) is 5.41 Å². The van der Waals surface area contributed by atoms with E-state index in [0.717, 1.165) is 88.6 Å². The normalized spacial score (nSPS) is 17.8. The van der Waals surface area contributed by atoms with E-state index in [4.69, 9.17) is 4.74 Å². The lowest BCUT2D eigenvalue weighted by atomic mass is 9.68. The molecule has 1 atom stereocenters. The summed E-state index contributed by atoms with van der Waals surface area (Å²) in [6, 6.07) is 15.6. The van der Waals surface area contributed by atoms with Crippen LogP contribution in [-0.4, -0.2) is 78.4 Å². The Kier molecular flexibility index (Phi) is 10.0. The summed E-state index contributed by atoms with van der Waals surface area (Å²) in [5.74, 6) is -0.602. The zero-order chi connectivity index (χ0) is 38.4. The number of aliphatic hydroxyl groups is 2. The zero-order valence-electron chi connectivity index (χ0n) is 31.1. The summed E-state index contributed by atoms with van der Waals surface area (Å²) in [4.78, 5) is 31.6. The molecule has 0 bridgehead atoms. The van der Waals surface area contributed by atoms with Crippen molar-refractivity contribution >= 4 is 50.6 Å². The van der Waals surface area contributed by atoms with Gasteiger partial charge < -0.3 is 35.3 Å². The highest BCUT2D eigenvalue weighted by Gasteiger charge is 2.48. The summed E-state index contributed by atoms with van der Waals surface area (Å²) in [5, 5.41) is 49.9. The van der Waals surface area contributed by atoms with E-state index in [2.05, 4.69) is 36.3 Å². The third-order valence-corrected chi connectivity index (χ3v) is 14.1. The number of fused-ring (bicyclic) bond motifs is 4. The maximum absolute atomic E-state index is 13.5. The lowest BCUT2D eigenvalue weighted by Gasteiger charge is -2.53. The molecule has 1 spiro atoms. The first-order valence-electron chi connectivity index (χ1n) is 19.6. The summed E-state index contributed by atoms with van der Waals surface area (Å²) in [6.45, 7) is 4.81. The van der Waals surface area contributed by atoms with E-state index < -0.39 is 17.7 Å². The maximum Gasteiger partial charge on any atom is 0.349 e. The third kappa shape index (κ3) is 6.86. The molecule has 3 aliphatic rings. The van der Waals surface area contributed by atoms with E-state index in [-0.39, 0.29) is 22.8 Å². The molecular formula is C42H46N6O6S2. The summed E-state index contributed by atoms with van der Waals surface area (Å²) in [6.07, 6.45) is 6.73. The number of thiophene rings is 2. The second-order valence-corrected chi connectivity index (χ2v) is 17.7. The molecule has 1 saturated heterocycles. The van der Waals surface area contributed by atoms with E-state index in [0.29, 0.717) is 39.3 Å². The molecule has 4 aromatic heterocycles. The van der Waals surface area contributed by atoms with Gasteiger partial charge in [0.25, 0.3) is 0 Å². The molecule has 9 rings (SSSR count). The lowest BCUT2D eigenvalue weighted by Crippen LogP contribution is -2.58. The molecule has 2 aromatic carbocycles. The Hall–Kier alpha value is -4.44. The first-order chi connectivity index (χ1) is 27.2. The van der Waals surface area contributed by atoms with E-state index in [9.17, 15) is 24.9 Å². The fraction of sp³-hybridized carbons (Fsp3) is 0.429. The number of nitrogens with zero attached hydrogens (tertiary/aromatic N) is 4. The number of aryl methyl sites for hydroxylation is 2. The van der Waals surface area contributed by atoms with Crippen molar-refractivity contribution in [3.63, 3.8) is 0 Å². The number of carbonyl (C=O) groups is 1. The van der Waals surface area contributed by atoms with Crippen LogP contribution >= 0.6 is 22.7 Å². The number of aromatic nitrogens is 4. The van der Waals surface area contributed by atoms with Gasteiger partial charge in [-0.15, -0.1) is 27.8 Å². The average Bonchev–Trinajstić information content (AvgIpc) is 4.03. The van der Waals surface area contributed by atoms with Gasteiger partial charge in [-0.1, -0.05) is 23.4 Å². The molecule has 2 fully saturated rings. The van der Waals surface area contributed by atoms with Gasteiger partial charge in [-0.05, 0) is 127 Å². The van der Waals surface area contributed by atoms with Gasteiger partial charge in [-0.25, -0.2) is 9.48 Å². The lowest BCUT2D eigenvalue weighted by molar-refractivity contribution is -0.171. The predicted octanol–water partition coefficient (Wildman–Crippen LogP) is 5.53. The van der Waals surface area contributed by atoms with Crippen molar-refractivity contribution in [2.75, 3.05) is 26.2 Å². The Balaban J connectivity index is 0.764. The number of esters is 1. The minimum atomic E-state index is -1.76. The van der Waals surface area contributed by atoms with Crippen molar-refractivity contribution in [1.82, 2.24) is 30.2 Å². The molecule has 6 aromatic rings. The van der Waals surface area contributed by atoms with Crippen molar-refractivity contribution < 1.29 is 24.9 Å². The number of likely N-dealkylation sites (tertiary alicyclic amines) is 1. The van der Waals surface area contributed by atoms with Crippen LogP contribution in [0.15, 0.2) is 70.2 Å². The molecule has 12 nitrogen and oxygen atoms in total. The number of pyridine rings is 1. The van der Waals surface area contributed by atoms with Gasteiger partial charge in [0.1, 0.15) is 17.4 Å². The molecule has 14 heteroatoms. The van der Waals surface area contributed by atoms with Gasteiger partial charge >= 0.3 is 5.97 Å². The van der Waals surface area contributed by atoms with Crippen LogP contribution in [0.4, 0.5) is 0 Å². The summed E-state index contributed by atoms with van der Waals surface area (Å²) in [7, 11) is 0. The summed E-state index contributed by atoms with van der Waals surface area (Å²) < 4.78 is 8.09. The van der Waals surface area contributed by atoms with Gasteiger partial charge in [-0.2, -0.15) is 0 Å². The van der Waals surface area contributed by atoms with Crippen LogP contribution in [0.3, 0.4) is 0 Å². The number of carbonyl (C=O) groups excluding carboxylic acids is 1. The average molecular weight is 795 g/mol. The molecule has 2 aliphatic carbocycles. The molecule has 0 amide bonds. The molecule has 5 N–H and O–H groups in total. The minimum absolute atomic E-state index is 0.0280. The predicted molar refractivity (Wildman–Crippen MR) is 216 cm³/mol. The Labute approximate surface area is 331 Å². The molecule has 1 aliphatic heterocycles. The molecule has 1 saturated carbocycles.